The second-order valence-corrected chi connectivity index (χ2v) is 5.96. The maximum absolute atomic E-state index is 12.1. The van der Waals surface area contributed by atoms with Crippen molar-refractivity contribution in [1.29, 1.82) is 0 Å². The van der Waals surface area contributed by atoms with Crippen LogP contribution in [0.3, 0.4) is 0 Å². The molecule has 1 saturated carbocycles. The number of piperidine rings is 1. The number of amides is 1. The molecule has 1 amide bonds. The van der Waals surface area contributed by atoms with Crippen LogP contribution in [-0.4, -0.2) is 29.9 Å². The maximum Gasteiger partial charge on any atom is 0.410 e. The van der Waals surface area contributed by atoms with E-state index in [9.17, 15) is 9.59 Å². The van der Waals surface area contributed by atoms with E-state index in [4.69, 9.17) is 4.74 Å². The Kier molecular flexibility index (Phi) is 3.47. The van der Waals surface area contributed by atoms with Gasteiger partial charge in [-0.2, -0.15) is 0 Å². The summed E-state index contributed by atoms with van der Waals surface area (Å²) in [6.45, 7) is 1.72. The summed E-state index contributed by atoms with van der Waals surface area (Å²) >= 11 is 0. The van der Waals surface area contributed by atoms with Crippen molar-refractivity contribution in [3.8, 4) is 0 Å². The third-order valence-corrected chi connectivity index (χ3v) is 4.27. The Morgan fingerprint density at radius 3 is 2.70 bits per heavy atom. The van der Waals surface area contributed by atoms with Crippen LogP contribution in [0.5, 0.6) is 0 Å². The van der Waals surface area contributed by atoms with Crippen LogP contribution in [0.15, 0.2) is 30.3 Å². The van der Waals surface area contributed by atoms with Crippen LogP contribution in [0.25, 0.3) is 0 Å². The molecular formula is C16H19NO3. The normalized spacial score (nSPS) is 20.6. The topological polar surface area (TPSA) is 46.6 Å². The minimum absolute atomic E-state index is 0.0566. The van der Waals surface area contributed by atoms with Crippen LogP contribution in [0.2, 0.25) is 0 Å². The van der Waals surface area contributed by atoms with Gasteiger partial charge in [-0.25, -0.2) is 4.79 Å². The van der Waals surface area contributed by atoms with Crippen molar-refractivity contribution < 1.29 is 14.3 Å². The summed E-state index contributed by atoms with van der Waals surface area (Å²) in [5.74, 6) is 0.324. The summed E-state index contributed by atoms with van der Waals surface area (Å²) in [5, 5.41) is 0. The fourth-order valence-corrected chi connectivity index (χ4v) is 3.25. The molecule has 1 aromatic carbocycles. The van der Waals surface area contributed by atoms with E-state index in [1.807, 2.05) is 30.3 Å². The van der Waals surface area contributed by atoms with Crippen LogP contribution in [0.1, 0.15) is 31.2 Å². The molecule has 1 aliphatic heterocycles. The van der Waals surface area contributed by atoms with Crippen LogP contribution in [0.4, 0.5) is 4.79 Å². The molecular weight excluding hydrogens is 254 g/mol. The number of carbonyl (C=O) groups is 2. The molecule has 4 heteroatoms. The molecule has 3 rings (SSSR count). The number of likely N-dealkylation sites (tertiary alicyclic amines) is 1. The summed E-state index contributed by atoms with van der Waals surface area (Å²) < 4.78 is 5.36. The lowest BCUT2D eigenvalue weighted by atomic mass is 9.63. The molecule has 2 aliphatic rings. The number of carbonyl (C=O) groups excluding carboxylic acids is 2. The number of benzene rings is 1. The van der Waals surface area contributed by atoms with Crippen molar-refractivity contribution in [3.63, 3.8) is 0 Å². The van der Waals surface area contributed by atoms with Gasteiger partial charge < -0.3 is 9.64 Å². The van der Waals surface area contributed by atoms with Crippen molar-refractivity contribution in [2.45, 2.75) is 32.3 Å². The Morgan fingerprint density at radius 2 is 2.00 bits per heavy atom. The van der Waals surface area contributed by atoms with Crippen molar-refractivity contribution in [2.75, 3.05) is 13.1 Å². The molecule has 4 nitrogen and oxygen atoms in total. The molecule has 106 valence electrons. The van der Waals surface area contributed by atoms with E-state index in [-0.39, 0.29) is 11.5 Å². The first-order valence-corrected chi connectivity index (χ1v) is 7.14. The van der Waals surface area contributed by atoms with Gasteiger partial charge in [0.05, 0.1) is 0 Å². The minimum atomic E-state index is -0.257. The van der Waals surface area contributed by atoms with E-state index in [1.165, 1.54) is 0 Å². The molecule has 0 N–H and O–H groups in total. The molecule has 0 unspecified atom stereocenters. The van der Waals surface area contributed by atoms with Gasteiger partial charge in [-0.3, -0.25) is 4.79 Å². The second-order valence-electron chi connectivity index (χ2n) is 5.96. The number of Topliss-reactive ketones (excluding diaryl/α,β-unsaturated/α-hetero) is 1. The van der Waals surface area contributed by atoms with Gasteiger partial charge in [-0.15, -0.1) is 0 Å². The molecule has 1 aromatic rings. The number of rotatable bonds is 2. The third kappa shape index (κ3) is 2.69. The fourth-order valence-electron chi connectivity index (χ4n) is 3.25. The second kappa shape index (κ2) is 5.27. The molecule has 0 radical (unpaired) electrons. The predicted molar refractivity (Wildman–Crippen MR) is 74.1 cm³/mol. The van der Waals surface area contributed by atoms with Crippen molar-refractivity contribution >= 4 is 11.9 Å². The molecule has 1 heterocycles. The van der Waals surface area contributed by atoms with Gasteiger partial charge in [0.15, 0.2) is 0 Å². The van der Waals surface area contributed by atoms with E-state index < -0.39 is 0 Å². The first-order chi connectivity index (χ1) is 9.67. The standard InChI is InChI=1S/C16H19NO3/c18-14-9-16(10-14)7-4-8-17(12-16)15(19)20-11-13-5-2-1-3-6-13/h1-3,5-6H,4,7-12H2. The van der Waals surface area contributed by atoms with Crippen LogP contribution in [-0.2, 0) is 16.1 Å². The Labute approximate surface area is 118 Å². The molecule has 1 aliphatic carbocycles. The van der Waals surface area contributed by atoms with Crippen molar-refractivity contribution in [2.24, 2.45) is 5.41 Å². The monoisotopic (exact) mass is 273 g/mol. The molecule has 1 spiro atoms. The van der Waals surface area contributed by atoms with Gasteiger partial charge >= 0.3 is 6.09 Å². The lowest BCUT2D eigenvalue weighted by molar-refractivity contribution is -0.135. The Balaban J connectivity index is 1.53. The Hall–Kier alpha value is -1.84. The van der Waals surface area contributed by atoms with Crippen molar-refractivity contribution in [3.05, 3.63) is 35.9 Å². The number of hydrogen-bond acceptors (Lipinski definition) is 3. The quantitative estimate of drug-likeness (QED) is 0.832. The minimum Gasteiger partial charge on any atom is -0.445 e. The van der Waals surface area contributed by atoms with Gasteiger partial charge in [-0.1, -0.05) is 30.3 Å². The lowest BCUT2D eigenvalue weighted by Gasteiger charge is -2.47. The lowest BCUT2D eigenvalue weighted by Crippen LogP contribution is -2.52. The summed E-state index contributed by atoms with van der Waals surface area (Å²) in [6, 6.07) is 9.68. The first kappa shape index (κ1) is 13.2. The zero-order valence-electron chi connectivity index (χ0n) is 11.5. The average molecular weight is 273 g/mol. The summed E-state index contributed by atoms with van der Waals surface area (Å²) in [7, 11) is 0. The first-order valence-electron chi connectivity index (χ1n) is 7.14. The SMILES string of the molecule is O=C1CC2(CCCN(C(=O)OCc3ccccc3)C2)C1. The van der Waals surface area contributed by atoms with Gasteiger partial charge in [-0.05, 0) is 18.4 Å². The van der Waals surface area contributed by atoms with Gasteiger partial charge in [0, 0.05) is 31.3 Å². The Morgan fingerprint density at radius 1 is 1.25 bits per heavy atom. The maximum atomic E-state index is 12.1. The van der Waals surface area contributed by atoms with Crippen molar-refractivity contribution in [1.82, 2.24) is 4.90 Å². The largest absolute Gasteiger partial charge is 0.445 e. The number of hydrogen-bond donors (Lipinski definition) is 0. The predicted octanol–water partition coefficient (Wildman–Crippen LogP) is 2.77. The van der Waals surface area contributed by atoms with E-state index in [1.54, 1.807) is 4.90 Å². The summed E-state index contributed by atoms with van der Waals surface area (Å²) in [5.41, 5.74) is 1.05. The highest BCUT2D eigenvalue weighted by atomic mass is 16.6. The highest BCUT2D eigenvalue weighted by Gasteiger charge is 2.47. The van der Waals surface area contributed by atoms with Gasteiger partial charge in [0.25, 0.3) is 0 Å². The highest BCUT2D eigenvalue weighted by Crippen LogP contribution is 2.45. The van der Waals surface area contributed by atoms with Crippen LogP contribution < -0.4 is 0 Å². The number of ketones is 1. The zero-order chi connectivity index (χ0) is 14.0. The van der Waals surface area contributed by atoms with Gasteiger partial charge in [0.1, 0.15) is 12.4 Å². The van der Waals surface area contributed by atoms with E-state index in [0.717, 1.165) is 24.9 Å². The van der Waals surface area contributed by atoms with E-state index >= 15 is 0 Å². The van der Waals surface area contributed by atoms with E-state index in [0.29, 0.717) is 31.8 Å². The van der Waals surface area contributed by atoms with Crippen LogP contribution in [0, 0.1) is 5.41 Å². The highest BCUT2D eigenvalue weighted by molar-refractivity contribution is 5.86. The number of nitrogens with zero attached hydrogens (tertiary/aromatic N) is 1. The summed E-state index contributed by atoms with van der Waals surface area (Å²) in [6.07, 6.45) is 3.03. The molecule has 0 aromatic heterocycles. The molecule has 1 saturated heterocycles. The third-order valence-electron chi connectivity index (χ3n) is 4.27. The average Bonchev–Trinajstić information content (AvgIpc) is 2.45. The number of ether oxygens (including phenoxy) is 1. The zero-order valence-corrected chi connectivity index (χ0v) is 11.5. The molecule has 0 bridgehead atoms. The smallest absolute Gasteiger partial charge is 0.410 e. The summed E-state index contributed by atoms with van der Waals surface area (Å²) in [4.78, 5) is 25.1. The molecule has 20 heavy (non-hydrogen) atoms. The molecule has 2 fully saturated rings. The fraction of sp³-hybridized carbons (Fsp3) is 0.500. The van der Waals surface area contributed by atoms with E-state index in [2.05, 4.69) is 0 Å². The van der Waals surface area contributed by atoms with Gasteiger partial charge in [0.2, 0.25) is 0 Å². The molecule has 0 atom stereocenters. The van der Waals surface area contributed by atoms with Crippen LogP contribution >= 0.6 is 0 Å². The Bertz CT molecular complexity index is 504.